The lowest BCUT2D eigenvalue weighted by Gasteiger charge is -2.10. The van der Waals surface area contributed by atoms with Crippen molar-refractivity contribution in [2.24, 2.45) is 5.92 Å². The van der Waals surface area contributed by atoms with Gasteiger partial charge in [0.2, 0.25) is 0 Å². The molecule has 0 saturated heterocycles. The fourth-order valence-electron chi connectivity index (χ4n) is 1.88. The first-order valence-electron chi connectivity index (χ1n) is 5.78. The molecule has 1 atom stereocenters. The van der Waals surface area contributed by atoms with Gasteiger partial charge in [0.05, 0.1) is 5.38 Å². The minimum absolute atomic E-state index is 0.165. The van der Waals surface area contributed by atoms with Crippen molar-refractivity contribution in [1.82, 2.24) is 0 Å². The van der Waals surface area contributed by atoms with E-state index in [2.05, 4.69) is 43.5 Å². The monoisotopic (exact) mass is 252 g/mol. The minimum atomic E-state index is 0.165. The maximum Gasteiger partial charge on any atom is 0.0599 e. The van der Waals surface area contributed by atoms with Gasteiger partial charge in [0.15, 0.2) is 0 Å². The normalized spacial score (nSPS) is 13.5. The Kier molecular flexibility index (Phi) is 3.88. The van der Waals surface area contributed by atoms with Gasteiger partial charge in [-0.15, -0.1) is 22.9 Å². The lowest BCUT2D eigenvalue weighted by Crippen LogP contribution is -1.93. The van der Waals surface area contributed by atoms with Crippen LogP contribution in [0.3, 0.4) is 0 Å². The van der Waals surface area contributed by atoms with Crippen LogP contribution in [0.2, 0.25) is 0 Å². The molecule has 0 aliphatic heterocycles. The summed E-state index contributed by atoms with van der Waals surface area (Å²) in [5.74, 6) is 0.728. The molecule has 0 spiro atoms. The highest BCUT2D eigenvalue weighted by Gasteiger charge is 2.13. The predicted octanol–water partition coefficient (Wildman–Crippen LogP) is 5.62. The Morgan fingerprint density at radius 2 is 1.94 bits per heavy atom. The Bertz CT molecular complexity index is 458. The summed E-state index contributed by atoms with van der Waals surface area (Å²) in [6, 6.07) is 8.51. The Hall–Kier alpha value is -0.530. The van der Waals surface area contributed by atoms with Crippen LogP contribution in [0.15, 0.2) is 29.6 Å². The van der Waals surface area contributed by atoms with Crippen LogP contribution in [-0.2, 0) is 0 Å². The second kappa shape index (κ2) is 5.20. The number of alkyl halides is 1. The molecular formula is C14H17ClS. The summed E-state index contributed by atoms with van der Waals surface area (Å²) in [4.78, 5) is 0. The van der Waals surface area contributed by atoms with E-state index in [1.807, 2.05) is 0 Å². The van der Waals surface area contributed by atoms with Crippen molar-refractivity contribution < 1.29 is 0 Å². The van der Waals surface area contributed by atoms with Gasteiger partial charge in [-0.25, -0.2) is 0 Å². The minimum Gasteiger partial charge on any atom is -0.143 e. The van der Waals surface area contributed by atoms with Crippen LogP contribution in [0.1, 0.15) is 37.6 Å². The molecule has 0 fully saturated rings. The molecule has 2 aromatic rings. The van der Waals surface area contributed by atoms with Gasteiger partial charge < -0.3 is 0 Å². The highest BCUT2D eigenvalue weighted by Crippen LogP contribution is 2.36. The zero-order valence-electron chi connectivity index (χ0n) is 9.74. The third-order valence-corrected chi connectivity index (χ3v) is 4.28. The first-order valence-corrected chi connectivity index (χ1v) is 7.10. The van der Waals surface area contributed by atoms with E-state index in [-0.39, 0.29) is 5.38 Å². The quantitative estimate of drug-likeness (QED) is 0.620. The summed E-state index contributed by atoms with van der Waals surface area (Å²) in [5, 5.41) is 3.71. The summed E-state index contributed by atoms with van der Waals surface area (Å²) < 4.78 is 1.34. The zero-order valence-corrected chi connectivity index (χ0v) is 11.3. The standard InChI is InChI=1S/C14H17ClS/c1-10(2)7-8-13(15)12-9-16-14-6-4-3-5-11(12)14/h3-6,9-10,13H,7-8H2,1-2H3. The molecule has 1 aromatic carbocycles. The van der Waals surface area contributed by atoms with E-state index < -0.39 is 0 Å². The zero-order chi connectivity index (χ0) is 11.5. The molecule has 0 aliphatic rings. The van der Waals surface area contributed by atoms with E-state index in [1.54, 1.807) is 11.3 Å². The number of halogens is 1. The Morgan fingerprint density at radius 3 is 2.69 bits per heavy atom. The molecule has 0 nitrogen and oxygen atoms in total. The highest BCUT2D eigenvalue weighted by molar-refractivity contribution is 7.17. The summed E-state index contributed by atoms with van der Waals surface area (Å²) in [6.45, 7) is 4.49. The average molecular weight is 253 g/mol. The number of fused-ring (bicyclic) bond motifs is 1. The molecule has 86 valence electrons. The molecule has 16 heavy (non-hydrogen) atoms. The van der Waals surface area contributed by atoms with Crippen LogP contribution in [-0.4, -0.2) is 0 Å². The van der Waals surface area contributed by atoms with Crippen LogP contribution in [0.25, 0.3) is 10.1 Å². The summed E-state index contributed by atoms with van der Waals surface area (Å²) in [7, 11) is 0. The molecular weight excluding hydrogens is 236 g/mol. The smallest absolute Gasteiger partial charge is 0.0599 e. The molecule has 2 heteroatoms. The Labute approximate surface area is 106 Å². The van der Waals surface area contributed by atoms with Crippen molar-refractivity contribution in [3.63, 3.8) is 0 Å². The van der Waals surface area contributed by atoms with E-state index >= 15 is 0 Å². The van der Waals surface area contributed by atoms with E-state index in [0.717, 1.165) is 12.3 Å². The summed E-state index contributed by atoms with van der Waals surface area (Å²) in [6.07, 6.45) is 2.26. The number of hydrogen-bond donors (Lipinski definition) is 0. The van der Waals surface area contributed by atoms with Gasteiger partial charge in [-0.2, -0.15) is 0 Å². The van der Waals surface area contributed by atoms with Crippen molar-refractivity contribution in [3.8, 4) is 0 Å². The van der Waals surface area contributed by atoms with Gasteiger partial charge in [0.25, 0.3) is 0 Å². The third kappa shape index (κ3) is 2.58. The van der Waals surface area contributed by atoms with Crippen LogP contribution < -0.4 is 0 Å². The summed E-state index contributed by atoms with van der Waals surface area (Å²) >= 11 is 8.27. The van der Waals surface area contributed by atoms with E-state index in [4.69, 9.17) is 11.6 Å². The Balaban J connectivity index is 2.19. The average Bonchev–Trinajstić information content (AvgIpc) is 2.69. The second-order valence-electron chi connectivity index (χ2n) is 4.63. The van der Waals surface area contributed by atoms with E-state index in [9.17, 15) is 0 Å². The van der Waals surface area contributed by atoms with Gasteiger partial charge in [-0.3, -0.25) is 0 Å². The number of hydrogen-bond acceptors (Lipinski definition) is 1. The molecule has 0 radical (unpaired) electrons. The number of benzene rings is 1. The fraction of sp³-hybridized carbons (Fsp3) is 0.429. The molecule has 2 rings (SSSR count). The molecule has 0 bridgehead atoms. The number of rotatable bonds is 4. The van der Waals surface area contributed by atoms with Crippen molar-refractivity contribution in [1.29, 1.82) is 0 Å². The van der Waals surface area contributed by atoms with Gasteiger partial charge in [-0.05, 0) is 41.2 Å². The topological polar surface area (TPSA) is 0 Å². The molecule has 0 amide bonds. The van der Waals surface area contributed by atoms with Crippen LogP contribution in [0.4, 0.5) is 0 Å². The first-order chi connectivity index (χ1) is 7.68. The lowest BCUT2D eigenvalue weighted by atomic mass is 10.0. The van der Waals surface area contributed by atoms with Crippen LogP contribution >= 0.6 is 22.9 Å². The van der Waals surface area contributed by atoms with Gasteiger partial charge in [0.1, 0.15) is 0 Å². The molecule has 1 aromatic heterocycles. The largest absolute Gasteiger partial charge is 0.143 e. The van der Waals surface area contributed by atoms with E-state index in [0.29, 0.717) is 0 Å². The van der Waals surface area contributed by atoms with Gasteiger partial charge >= 0.3 is 0 Å². The van der Waals surface area contributed by atoms with Crippen molar-refractivity contribution in [2.75, 3.05) is 0 Å². The Morgan fingerprint density at radius 1 is 1.19 bits per heavy atom. The molecule has 0 saturated carbocycles. The van der Waals surface area contributed by atoms with Crippen LogP contribution in [0, 0.1) is 5.92 Å². The maximum absolute atomic E-state index is 6.48. The second-order valence-corrected chi connectivity index (χ2v) is 6.06. The third-order valence-electron chi connectivity index (χ3n) is 2.85. The van der Waals surface area contributed by atoms with E-state index in [1.165, 1.54) is 22.1 Å². The predicted molar refractivity (Wildman–Crippen MR) is 74.5 cm³/mol. The van der Waals surface area contributed by atoms with Crippen molar-refractivity contribution in [3.05, 3.63) is 35.2 Å². The molecule has 0 N–H and O–H groups in total. The molecule has 0 aliphatic carbocycles. The fourth-order valence-corrected chi connectivity index (χ4v) is 3.27. The van der Waals surface area contributed by atoms with Crippen LogP contribution in [0.5, 0.6) is 0 Å². The first kappa shape index (κ1) is 11.9. The van der Waals surface area contributed by atoms with Gasteiger partial charge in [0, 0.05) is 4.70 Å². The lowest BCUT2D eigenvalue weighted by molar-refractivity contribution is 0.550. The molecule has 1 heterocycles. The van der Waals surface area contributed by atoms with Crippen molar-refractivity contribution >= 4 is 33.0 Å². The maximum atomic E-state index is 6.48. The summed E-state index contributed by atoms with van der Waals surface area (Å²) in [5.41, 5.74) is 1.31. The number of thiophene rings is 1. The molecule has 1 unspecified atom stereocenters. The highest BCUT2D eigenvalue weighted by atomic mass is 35.5. The van der Waals surface area contributed by atoms with Gasteiger partial charge in [-0.1, -0.05) is 32.0 Å². The SMILES string of the molecule is CC(C)CCC(Cl)c1csc2ccccc12. The van der Waals surface area contributed by atoms with Crippen molar-refractivity contribution in [2.45, 2.75) is 32.1 Å².